The third kappa shape index (κ3) is 4.29. The molecule has 2 aliphatic heterocycles. The van der Waals surface area contributed by atoms with E-state index in [0.29, 0.717) is 12.1 Å². The minimum atomic E-state index is 0.0571. The molecule has 5 nitrogen and oxygen atoms in total. The molecule has 2 fully saturated rings. The highest BCUT2D eigenvalue weighted by atomic mass is 16.5. The summed E-state index contributed by atoms with van der Waals surface area (Å²) in [6.45, 7) is 3.17. The lowest BCUT2D eigenvalue weighted by molar-refractivity contribution is 0.0705. The monoisotopic (exact) mass is 392 g/mol. The van der Waals surface area contributed by atoms with E-state index in [1.807, 2.05) is 52.3 Å². The Bertz CT molecular complexity index is 872. The second-order valence-corrected chi connectivity index (χ2v) is 7.94. The van der Waals surface area contributed by atoms with E-state index in [0.717, 1.165) is 62.2 Å². The van der Waals surface area contributed by atoms with Gasteiger partial charge in [0.1, 0.15) is 5.75 Å². The van der Waals surface area contributed by atoms with Gasteiger partial charge in [0.15, 0.2) is 0 Å². The van der Waals surface area contributed by atoms with Crippen LogP contribution in [0.3, 0.4) is 0 Å². The Kier molecular flexibility index (Phi) is 5.84. The van der Waals surface area contributed by atoms with Crippen molar-refractivity contribution in [2.45, 2.75) is 31.6 Å². The van der Waals surface area contributed by atoms with Crippen molar-refractivity contribution in [2.75, 3.05) is 33.3 Å². The normalized spacial score (nSPS) is 19.3. The first-order valence-corrected chi connectivity index (χ1v) is 10.5. The molecule has 0 saturated carbocycles. The number of methoxy groups -OCH3 is 1. The summed E-state index contributed by atoms with van der Waals surface area (Å²) >= 11 is 0. The molecule has 2 aromatic carbocycles. The van der Waals surface area contributed by atoms with Gasteiger partial charge in [0.25, 0.3) is 11.8 Å². The molecule has 2 aliphatic rings. The molecule has 2 amide bonds. The Morgan fingerprint density at radius 1 is 0.862 bits per heavy atom. The molecule has 0 radical (unpaired) electrons. The van der Waals surface area contributed by atoms with Crippen molar-refractivity contribution in [2.24, 2.45) is 0 Å². The summed E-state index contributed by atoms with van der Waals surface area (Å²) in [7, 11) is 1.62. The molecule has 29 heavy (non-hydrogen) atoms. The van der Waals surface area contributed by atoms with Crippen LogP contribution in [0.4, 0.5) is 0 Å². The maximum atomic E-state index is 12.9. The van der Waals surface area contributed by atoms with Gasteiger partial charge in [-0.1, -0.05) is 12.1 Å². The Morgan fingerprint density at radius 3 is 2.28 bits per heavy atom. The van der Waals surface area contributed by atoms with E-state index in [1.54, 1.807) is 7.11 Å². The van der Waals surface area contributed by atoms with Gasteiger partial charge < -0.3 is 14.5 Å². The van der Waals surface area contributed by atoms with E-state index in [4.69, 9.17) is 4.74 Å². The van der Waals surface area contributed by atoms with Crippen LogP contribution in [-0.2, 0) is 0 Å². The van der Waals surface area contributed by atoms with Crippen molar-refractivity contribution in [1.29, 1.82) is 0 Å². The highest BCUT2D eigenvalue weighted by Gasteiger charge is 2.27. The molecular formula is C24H28N2O3. The number of likely N-dealkylation sites (tertiary alicyclic amines) is 2. The molecule has 1 atom stereocenters. The van der Waals surface area contributed by atoms with Crippen LogP contribution in [0.1, 0.15) is 57.9 Å². The number of ether oxygens (including phenoxy) is 1. The molecule has 0 spiro atoms. The van der Waals surface area contributed by atoms with Crippen LogP contribution in [0.15, 0.2) is 48.5 Å². The van der Waals surface area contributed by atoms with Crippen LogP contribution in [0.5, 0.6) is 5.75 Å². The zero-order chi connectivity index (χ0) is 20.2. The first-order chi connectivity index (χ1) is 14.2. The number of nitrogens with zero attached hydrogens (tertiary/aromatic N) is 2. The molecule has 2 heterocycles. The van der Waals surface area contributed by atoms with E-state index in [-0.39, 0.29) is 17.7 Å². The lowest BCUT2D eigenvalue weighted by Crippen LogP contribution is -2.39. The zero-order valence-corrected chi connectivity index (χ0v) is 17.0. The van der Waals surface area contributed by atoms with Crippen LogP contribution >= 0.6 is 0 Å². The zero-order valence-electron chi connectivity index (χ0n) is 17.0. The molecule has 152 valence electrons. The molecule has 5 heteroatoms. The maximum absolute atomic E-state index is 12.9. The number of piperidine rings is 1. The van der Waals surface area contributed by atoms with Gasteiger partial charge in [0.2, 0.25) is 0 Å². The van der Waals surface area contributed by atoms with Crippen molar-refractivity contribution < 1.29 is 14.3 Å². The third-order valence-corrected chi connectivity index (χ3v) is 6.04. The number of hydrogen-bond acceptors (Lipinski definition) is 3. The minimum Gasteiger partial charge on any atom is -0.497 e. The van der Waals surface area contributed by atoms with Crippen molar-refractivity contribution in [1.82, 2.24) is 9.80 Å². The predicted octanol–water partition coefficient (Wildman–Crippen LogP) is 3.95. The number of amides is 2. The number of rotatable bonds is 4. The summed E-state index contributed by atoms with van der Waals surface area (Å²) < 4.78 is 5.18. The van der Waals surface area contributed by atoms with Crippen molar-refractivity contribution in [3.8, 4) is 5.75 Å². The van der Waals surface area contributed by atoms with Crippen LogP contribution in [0, 0.1) is 0 Å². The SMILES string of the molecule is COc1ccc(C(=O)N2CCCC(c3cccc(C(=O)N4CCCC4)c3)C2)cc1. The largest absolute Gasteiger partial charge is 0.497 e. The molecule has 0 aromatic heterocycles. The standard InChI is InChI=1S/C24H28N2O3/c1-29-22-11-9-18(10-12-22)23(27)26-15-5-8-21(17-26)19-6-4-7-20(16-19)24(28)25-13-2-3-14-25/h4,6-7,9-12,16,21H,2-3,5,8,13-15,17H2,1H3. The van der Waals surface area contributed by atoms with E-state index in [1.165, 1.54) is 0 Å². The minimum absolute atomic E-state index is 0.0571. The Balaban J connectivity index is 1.47. The van der Waals surface area contributed by atoms with E-state index >= 15 is 0 Å². The number of hydrogen-bond donors (Lipinski definition) is 0. The Hall–Kier alpha value is -2.82. The third-order valence-electron chi connectivity index (χ3n) is 6.04. The first kappa shape index (κ1) is 19.5. The fourth-order valence-corrected chi connectivity index (χ4v) is 4.38. The number of benzene rings is 2. The van der Waals surface area contributed by atoms with Crippen LogP contribution in [-0.4, -0.2) is 54.9 Å². The summed E-state index contributed by atoms with van der Waals surface area (Å²) in [5.41, 5.74) is 2.61. The summed E-state index contributed by atoms with van der Waals surface area (Å²) in [6.07, 6.45) is 4.19. The van der Waals surface area contributed by atoms with Gasteiger partial charge in [-0.05, 0) is 67.6 Å². The molecule has 4 rings (SSSR count). The molecule has 2 aromatic rings. The van der Waals surface area contributed by atoms with E-state index in [9.17, 15) is 9.59 Å². The molecule has 1 unspecified atom stereocenters. The first-order valence-electron chi connectivity index (χ1n) is 10.5. The average Bonchev–Trinajstić information content (AvgIpc) is 3.33. The maximum Gasteiger partial charge on any atom is 0.253 e. The van der Waals surface area contributed by atoms with Gasteiger partial charge in [0.05, 0.1) is 7.11 Å². The van der Waals surface area contributed by atoms with Crippen molar-refractivity contribution in [3.63, 3.8) is 0 Å². The highest BCUT2D eigenvalue weighted by Crippen LogP contribution is 2.29. The second kappa shape index (κ2) is 8.68. The highest BCUT2D eigenvalue weighted by molar-refractivity contribution is 5.95. The van der Waals surface area contributed by atoms with Gasteiger partial charge in [-0.15, -0.1) is 0 Å². The molecule has 2 saturated heterocycles. The van der Waals surface area contributed by atoms with Crippen molar-refractivity contribution >= 4 is 11.8 Å². The molecule has 0 aliphatic carbocycles. The molecular weight excluding hydrogens is 364 g/mol. The Morgan fingerprint density at radius 2 is 1.55 bits per heavy atom. The summed E-state index contributed by atoms with van der Waals surface area (Å²) in [4.78, 5) is 29.6. The van der Waals surface area contributed by atoms with Gasteiger partial charge in [-0.2, -0.15) is 0 Å². The molecule has 0 N–H and O–H groups in total. The second-order valence-electron chi connectivity index (χ2n) is 7.94. The van der Waals surface area contributed by atoms with E-state index in [2.05, 4.69) is 6.07 Å². The lowest BCUT2D eigenvalue weighted by Gasteiger charge is -2.33. The van der Waals surface area contributed by atoms with Crippen molar-refractivity contribution in [3.05, 3.63) is 65.2 Å². The van der Waals surface area contributed by atoms with Gasteiger partial charge in [-0.25, -0.2) is 0 Å². The van der Waals surface area contributed by atoms with Crippen LogP contribution in [0.25, 0.3) is 0 Å². The Labute approximate surface area is 172 Å². The topological polar surface area (TPSA) is 49.9 Å². The average molecular weight is 392 g/mol. The summed E-state index contributed by atoms with van der Waals surface area (Å²) in [6, 6.07) is 15.3. The van der Waals surface area contributed by atoms with E-state index < -0.39 is 0 Å². The molecule has 0 bridgehead atoms. The predicted molar refractivity (Wildman–Crippen MR) is 112 cm³/mol. The van der Waals surface area contributed by atoms with Crippen LogP contribution < -0.4 is 4.74 Å². The summed E-state index contributed by atoms with van der Waals surface area (Å²) in [5.74, 6) is 1.20. The quantitative estimate of drug-likeness (QED) is 0.792. The fourth-order valence-electron chi connectivity index (χ4n) is 4.38. The summed E-state index contributed by atoms with van der Waals surface area (Å²) in [5, 5.41) is 0. The smallest absolute Gasteiger partial charge is 0.253 e. The van der Waals surface area contributed by atoms with Gasteiger partial charge in [0, 0.05) is 43.2 Å². The van der Waals surface area contributed by atoms with Crippen LogP contribution in [0.2, 0.25) is 0 Å². The van der Waals surface area contributed by atoms with Gasteiger partial charge >= 0.3 is 0 Å². The lowest BCUT2D eigenvalue weighted by atomic mass is 9.89. The van der Waals surface area contributed by atoms with Gasteiger partial charge in [-0.3, -0.25) is 9.59 Å². The number of carbonyl (C=O) groups excluding carboxylic acids is 2. The fraction of sp³-hybridized carbons (Fsp3) is 0.417. The number of carbonyl (C=O) groups is 2.